The Kier molecular flexibility index (Phi) is 3.38. The zero-order valence-corrected chi connectivity index (χ0v) is 10.8. The van der Waals surface area contributed by atoms with E-state index in [-0.39, 0.29) is 0 Å². The average Bonchev–Trinajstić information content (AvgIpc) is 2.97. The Bertz CT molecular complexity index is 692. The van der Waals surface area contributed by atoms with Gasteiger partial charge in [-0.25, -0.2) is 0 Å². The Hall–Kier alpha value is -2.73. The number of benzene rings is 2. The lowest BCUT2D eigenvalue weighted by Gasteiger charge is -2.10. The molecule has 1 heterocycles. The third-order valence-corrected chi connectivity index (χ3v) is 2.95. The topological polar surface area (TPSA) is 81.7 Å². The van der Waals surface area contributed by atoms with Gasteiger partial charge in [-0.15, -0.1) is 0 Å². The van der Waals surface area contributed by atoms with Crippen LogP contribution in [0.2, 0.25) is 0 Å². The first kappa shape index (κ1) is 12.3. The van der Waals surface area contributed by atoms with Gasteiger partial charge in [-0.1, -0.05) is 41.5 Å². The summed E-state index contributed by atoms with van der Waals surface area (Å²) in [7, 11) is 0. The van der Waals surface area contributed by atoms with Crippen molar-refractivity contribution >= 4 is 11.6 Å². The van der Waals surface area contributed by atoms with Crippen molar-refractivity contribution < 1.29 is 0 Å². The van der Waals surface area contributed by atoms with Crippen LogP contribution in [-0.2, 0) is 6.54 Å². The van der Waals surface area contributed by atoms with Crippen LogP contribution in [0.5, 0.6) is 0 Å². The monoisotopic (exact) mass is 266 g/mol. The van der Waals surface area contributed by atoms with E-state index in [1.165, 1.54) is 0 Å². The van der Waals surface area contributed by atoms with Crippen molar-refractivity contribution in [3.05, 3.63) is 60.2 Å². The van der Waals surface area contributed by atoms with Gasteiger partial charge in [-0.3, -0.25) is 0 Å². The highest BCUT2D eigenvalue weighted by Crippen LogP contribution is 2.20. The van der Waals surface area contributed by atoms with Crippen molar-refractivity contribution in [1.29, 1.82) is 0 Å². The zero-order chi connectivity index (χ0) is 13.8. The van der Waals surface area contributed by atoms with Crippen LogP contribution < -0.4 is 11.1 Å². The molecule has 0 bridgehead atoms. The maximum Gasteiger partial charge on any atom is 0.252 e. The summed E-state index contributed by atoms with van der Waals surface area (Å²) < 4.78 is 1.65. The molecule has 3 N–H and O–H groups in total. The van der Waals surface area contributed by atoms with Gasteiger partial charge in [-0.2, -0.15) is 4.68 Å². The molecule has 0 saturated carbocycles. The molecule has 0 spiro atoms. The largest absolute Gasteiger partial charge is 0.326 e. The molecule has 0 aliphatic carbocycles. The van der Waals surface area contributed by atoms with Gasteiger partial charge < -0.3 is 11.1 Å². The standard InChI is InChI=1S/C14H14N6/c15-10-11-6-4-5-9-13(11)16-14-17-18-19-20(14)12-7-2-1-3-8-12/h1-9H,10,15H2,(H,16,17,19). The van der Waals surface area contributed by atoms with Crippen molar-refractivity contribution in [3.63, 3.8) is 0 Å². The number of hydrogen-bond acceptors (Lipinski definition) is 5. The van der Waals surface area contributed by atoms with Crippen LogP contribution in [-0.4, -0.2) is 20.2 Å². The fraction of sp³-hybridized carbons (Fsp3) is 0.0714. The number of tetrazole rings is 1. The predicted molar refractivity (Wildman–Crippen MR) is 76.8 cm³/mol. The predicted octanol–water partition coefficient (Wildman–Crippen LogP) is 1.86. The third-order valence-electron chi connectivity index (χ3n) is 2.95. The average molecular weight is 266 g/mol. The molecule has 2 aromatic carbocycles. The first-order valence-electron chi connectivity index (χ1n) is 6.27. The van der Waals surface area contributed by atoms with Crippen LogP contribution in [0.4, 0.5) is 11.6 Å². The molecule has 20 heavy (non-hydrogen) atoms. The van der Waals surface area contributed by atoms with Crippen molar-refractivity contribution in [2.45, 2.75) is 6.54 Å². The lowest BCUT2D eigenvalue weighted by molar-refractivity contribution is 0.791. The SMILES string of the molecule is NCc1ccccc1Nc1nnnn1-c1ccccc1. The summed E-state index contributed by atoms with van der Waals surface area (Å²) in [4.78, 5) is 0. The van der Waals surface area contributed by atoms with Crippen LogP contribution >= 0.6 is 0 Å². The normalized spacial score (nSPS) is 10.4. The maximum atomic E-state index is 5.73. The number of anilines is 2. The molecule has 1 aromatic heterocycles. The number of nitrogens with one attached hydrogen (secondary N) is 1. The van der Waals surface area contributed by atoms with E-state index in [9.17, 15) is 0 Å². The second kappa shape index (κ2) is 5.50. The second-order valence-corrected chi connectivity index (χ2v) is 4.24. The van der Waals surface area contributed by atoms with Crippen molar-refractivity contribution in [2.75, 3.05) is 5.32 Å². The zero-order valence-electron chi connectivity index (χ0n) is 10.8. The number of para-hydroxylation sites is 2. The molecular formula is C14H14N6. The van der Waals surface area contributed by atoms with Crippen LogP contribution in [0, 0.1) is 0 Å². The number of hydrogen-bond donors (Lipinski definition) is 2. The van der Waals surface area contributed by atoms with Gasteiger partial charge in [0.25, 0.3) is 5.95 Å². The van der Waals surface area contributed by atoms with Gasteiger partial charge in [0.1, 0.15) is 0 Å². The highest BCUT2D eigenvalue weighted by atomic mass is 15.6. The van der Waals surface area contributed by atoms with E-state index in [1.807, 2.05) is 54.6 Å². The van der Waals surface area contributed by atoms with E-state index in [0.717, 1.165) is 16.9 Å². The Morgan fingerprint density at radius 2 is 1.75 bits per heavy atom. The van der Waals surface area contributed by atoms with Gasteiger partial charge in [-0.05, 0) is 34.2 Å². The summed E-state index contributed by atoms with van der Waals surface area (Å²) in [5.74, 6) is 0.553. The van der Waals surface area contributed by atoms with E-state index in [1.54, 1.807) is 4.68 Å². The molecular weight excluding hydrogens is 252 g/mol. The molecule has 0 unspecified atom stereocenters. The molecule has 0 radical (unpaired) electrons. The second-order valence-electron chi connectivity index (χ2n) is 4.24. The van der Waals surface area contributed by atoms with E-state index in [0.29, 0.717) is 12.5 Å². The molecule has 3 rings (SSSR count). The summed E-state index contributed by atoms with van der Waals surface area (Å²) in [6.07, 6.45) is 0. The molecule has 0 fully saturated rings. The maximum absolute atomic E-state index is 5.73. The molecule has 0 aliphatic rings. The Morgan fingerprint density at radius 1 is 1.00 bits per heavy atom. The minimum Gasteiger partial charge on any atom is -0.326 e. The quantitative estimate of drug-likeness (QED) is 0.753. The minimum atomic E-state index is 0.454. The summed E-state index contributed by atoms with van der Waals surface area (Å²) in [6.45, 7) is 0.454. The van der Waals surface area contributed by atoms with Crippen LogP contribution in [0.25, 0.3) is 5.69 Å². The summed E-state index contributed by atoms with van der Waals surface area (Å²) >= 11 is 0. The highest BCUT2D eigenvalue weighted by molar-refractivity contribution is 5.59. The highest BCUT2D eigenvalue weighted by Gasteiger charge is 2.09. The molecule has 0 saturated heterocycles. The van der Waals surface area contributed by atoms with E-state index in [4.69, 9.17) is 5.73 Å². The molecule has 100 valence electrons. The minimum absolute atomic E-state index is 0.454. The molecule has 0 atom stereocenters. The molecule has 6 nitrogen and oxygen atoms in total. The van der Waals surface area contributed by atoms with E-state index >= 15 is 0 Å². The first-order chi connectivity index (χ1) is 9.88. The van der Waals surface area contributed by atoms with Crippen LogP contribution in [0.1, 0.15) is 5.56 Å². The molecule has 6 heteroatoms. The Balaban J connectivity index is 1.95. The van der Waals surface area contributed by atoms with Gasteiger partial charge in [0.2, 0.25) is 0 Å². The smallest absolute Gasteiger partial charge is 0.252 e. The first-order valence-corrected chi connectivity index (χ1v) is 6.27. The van der Waals surface area contributed by atoms with E-state index < -0.39 is 0 Å². The molecule has 0 aliphatic heterocycles. The van der Waals surface area contributed by atoms with Crippen LogP contribution in [0.15, 0.2) is 54.6 Å². The van der Waals surface area contributed by atoms with Crippen molar-refractivity contribution in [3.8, 4) is 5.69 Å². The number of aromatic nitrogens is 4. The number of nitrogens with two attached hydrogens (primary N) is 1. The van der Waals surface area contributed by atoms with Gasteiger partial charge in [0.05, 0.1) is 5.69 Å². The van der Waals surface area contributed by atoms with Crippen LogP contribution in [0.3, 0.4) is 0 Å². The van der Waals surface area contributed by atoms with E-state index in [2.05, 4.69) is 20.8 Å². The summed E-state index contributed by atoms with van der Waals surface area (Å²) in [6, 6.07) is 17.5. The van der Waals surface area contributed by atoms with Crippen molar-refractivity contribution in [1.82, 2.24) is 20.2 Å². The fourth-order valence-corrected chi connectivity index (χ4v) is 1.95. The number of nitrogens with zero attached hydrogens (tertiary/aromatic N) is 4. The summed E-state index contributed by atoms with van der Waals surface area (Å²) in [5, 5.41) is 14.9. The fourth-order valence-electron chi connectivity index (χ4n) is 1.95. The Morgan fingerprint density at radius 3 is 2.55 bits per heavy atom. The molecule has 0 amide bonds. The Labute approximate surface area is 116 Å². The number of rotatable bonds is 4. The lowest BCUT2D eigenvalue weighted by atomic mass is 10.2. The lowest BCUT2D eigenvalue weighted by Crippen LogP contribution is -2.06. The van der Waals surface area contributed by atoms with Gasteiger partial charge >= 0.3 is 0 Å². The summed E-state index contributed by atoms with van der Waals surface area (Å²) in [5.41, 5.74) is 8.54. The van der Waals surface area contributed by atoms with Gasteiger partial charge in [0, 0.05) is 12.2 Å². The van der Waals surface area contributed by atoms with Crippen molar-refractivity contribution in [2.24, 2.45) is 5.73 Å². The third kappa shape index (κ3) is 2.36. The van der Waals surface area contributed by atoms with Gasteiger partial charge in [0.15, 0.2) is 0 Å². The molecule has 3 aromatic rings.